The van der Waals surface area contributed by atoms with Gasteiger partial charge in [-0.25, -0.2) is 4.79 Å². The Kier molecular flexibility index (Phi) is 7.57. The fourth-order valence-corrected chi connectivity index (χ4v) is 3.47. The average molecular weight is 426 g/mol. The van der Waals surface area contributed by atoms with Crippen LogP contribution in [0, 0.1) is 0 Å². The molecule has 8 nitrogen and oxygen atoms in total. The van der Waals surface area contributed by atoms with Gasteiger partial charge in [0.15, 0.2) is 0 Å². The third kappa shape index (κ3) is 7.03. The number of nitrogens with zero attached hydrogens (tertiary/aromatic N) is 4. The van der Waals surface area contributed by atoms with Gasteiger partial charge in [-0.2, -0.15) is 10.2 Å². The van der Waals surface area contributed by atoms with E-state index in [2.05, 4.69) is 20.4 Å². The summed E-state index contributed by atoms with van der Waals surface area (Å²) in [5.41, 5.74) is 1.07. The Morgan fingerprint density at radius 1 is 1.06 bits per heavy atom. The Bertz CT molecular complexity index is 847. The minimum absolute atomic E-state index is 0.120. The predicted octanol–water partition coefficient (Wildman–Crippen LogP) is 2.43. The highest BCUT2D eigenvalue weighted by atomic mass is 16.6. The normalized spacial score (nSPS) is 15.9. The molecule has 8 heteroatoms. The fraction of sp³-hybridized carbons (Fsp3) is 0.478. The maximum absolute atomic E-state index is 13.3. The molecule has 0 aliphatic carbocycles. The third-order valence-electron chi connectivity index (χ3n) is 5.04. The van der Waals surface area contributed by atoms with Crippen molar-refractivity contribution in [3.05, 3.63) is 59.9 Å². The Hall–Kier alpha value is -3.00. The van der Waals surface area contributed by atoms with Crippen LogP contribution in [0.1, 0.15) is 38.1 Å². The summed E-state index contributed by atoms with van der Waals surface area (Å²) in [4.78, 5) is 29.8. The zero-order valence-electron chi connectivity index (χ0n) is 18.5. The Morgan fingerprint density at radius 2 is 1.77 bits per heavy atom. The van der Waals surface area contributed by atoms with Gasteiger partial charge in [0.1, 0.15) is 11.6 Å². The summed E-state index contributed by atoms with van der Waals surface area (Å²) in [5.74, 6) is -0.120. The quantitative estimate of drug-likeness (QED) is 0.765. The standard InChI is InChI=1S/C23H31N5O3/c1-23(2,3)31-22(30)25-20(18-8-5-4-6-9-18)21(29)28-16-14-27(15-17-28)13-11-19-10-7-12-24-26-19/h4-10,12,20H,11,13-17H2,1-3H3,(H,25,30)/t20-/m1/s1. The molecule has 0 saturated carbocycles. The highest BCUT2D eigenvalue weighted by Gasteiger charge is 2.31. The predicted molar refractivity (Wildman–Crippen MR) is 117 cm³/mol. The van der Waals surface area contributed by atoms with E-state index in [0.717, 1.165) is 37.3 Å². The molecule has 1 aliphatic heterocycles. The van der Waals surface area contributed by atoms with Crippen molar-refractivity contribution in [1.29, 1.82) is 0 Å². The number of amides is 2. The van der Waals surface area contributed by atoms with Gasteiger partial charge in [0.2, 0.25) is 5.91 Å². The van der Waals surface area contributed by atoms with Gasteiger partial charge in [0.05, 0.1) is 5.69 Å². The monoisotopic (exact) mass is 425 g/mol. The molecule has 2 heterocycles. The zero-order valence-corrected chi connectivity index (χ0v) is 18.5. The van der Waals surface area contributed by atoms with Crippen LogP contribution in [0.25, 0.3) is 0 Å². The van der Waals surface area contributed by atoms with Gasteiger partial charge >= 0.3 is 6.09 Å². The number of nitrogens with one attached hydrogen (secondary N) is 1. The maximum Gasteiger partial charge on any atom is 0.408 e. The Balaban J connectivity index is 1.59. The highest BCUT2D eigenvalue weighted by molar-refractivity contribution is 5.87. The number of ether oxygens (including phenoxy) is 1. The van der Waals surface area contributed by atoms with Gasteiger partial charge in [-0.05, 0) is 38.5 Å². The number of alkyl carbamates (subject to hydrolysis) is 1. The summed E-state index contributed by atoms with van der Waals surface area (Å²) in [6, 6.07) is 12.4. The topological polar surface area (TPSA) is 87.7 Å². The van der Waals surface area contributed by atoms with E-state index in [4.69, 9.17) is 4.74 Å². The molecule has 166 valence electrons. The molecule has 2 aromatic rings. The average Bonchev–Trinajstić information content (AvgIpc) is 2.76. The number of piperazine rings is 1. The van der Waals surface area contributed by atoms with Crippen molar-refractivity contribution < 1.29 is 14.3 Å². The lowest BCUT2D eigenvalue weighted by molar-refractivity contribution is -0.135. The van der Waals surface area contributed by atoms with Gasteiger partial charge in [-0.1, -0.05) is 30.3 Å². The Morgan fingerprint density at radius 3 is 2.39 bits per heavy atom. The molecule has 0 spiro atoms. The molecule has 3 rings (SSSR count). The van der Waals surface area contributed by atoms with Crippen molar-refractivity contribution >= 4 is 12.0 Å². The van der Waals surface area contributed by atoms with Crippen LogP contribution < -0.4 is 5.32 Å². The molecule has 2 amide bonds. The van der Waals surface area contributed by atoms with Crippen molar-refractivity contribution in [2.45, 2.75) is 38.8 Å². The molecule has 1 N–H and O–H groups in total. The lowest BCUT2D eigenvalue weighted by atomic mass is 10.1. The van der Waals surface area contributed by atoms with Gasteiger partial charge in [-0.15, -0.1) is 0 Å². The fourth-order valence-electron chi connectivity index (χ4n) is 3.47. The summed E-state index contributed by atoms with van der Waals surface area (Å²) in [6.45, 7) is 9.04. The van der Waals surface area contributed by atoms with Crippen molar-refractivity contribution in [2.75, 3.05) is 32.7 Å². The van der Waals surface area contributed by atoms with Gasteiger partial charge in [0, 0.05) is 45.3 Å². The summed E-state index contributed by atoms with van der Waals surface area (Å²) in [6.07, 6.45) is 1.90. The summed E-state index contributed by atoms with van der Waals surface area (Å²) in [7, 11) is 0. The summed E-state index contributed by atoms with van der Waals surface area (Å²) < 4.78 is 5.38. The van der Waals surface area contributed by atoms with Crippen molar-refractivity contribution in [2.24, 2.45) is 0 Å². The Labute approximate surface area is 183 Å². The van der Waals surface area contributed by atoms with E-state index in [1.54, 1.807) is 27.0 Å². The molecule has 0 unspecified atom stereocenters. The van der Waals surface area contributed by atoms with Crippen molar-refractivity contribution in [3.63, 3.8) is 0 Å². The minimum Gasteiger partial charge on any atom is -0.444 e. The molecule has 1 aliphatic rings. The van der Waals surface area contributed by atoms with Crippen LogP contribution in [0.15, 0.2) is 48.7 Å². The van der Waals surface area contributed by atoms with Gasteiger partial charge < -0.3 is 15.0 Å². The first-order valence-electron chi connectivity index (χ1n) is 10.6. The lowest BCUT2D eigenvalue weighted by Crippen LogP contribution is -2.52. The van der Waals surface area contributed by atoms with Crippen molar-refractivity contribution in [1.82, 2.24) is 25.3 Å². The zero-order chi connectivity index (χ0) is 22.3. The highest BCUT2D eigenvalue weighted by Crippen LogP contribution is 2.19. The van der Waals surface area contributed by atoms with Gasteiger partial charge in [0.25, 0.3) is 0 Å². The molecule has 0 bridgehead atoms. The van der Waals surface area contributed by atoms with E-state index in [1.807, 2.05) is 47.4 Å². The number of hydrogen-bond acceptors (Lipinski definition) is 6. The minimum atomic E-state index is -0.776. The summed E-state index contributed by atoms with van der Waals surface area (Å²) >= 11 is 0. The van der Waals surface area contributed by atoms with Gasteiger partial charge in [-0.3, -0.25) is 9.69 Å². The molecular formula is C23H31N5O3. The van der Waals surface area contributed by atoms with Crippen LogP contribution in [0.5, 0.6) is 0 Å². The van der Waals surface area contributed by atoms with Crippen LogP contribution in [-0.2, 0) is 16.0 Å². The van der Waals surface area contributed by atoms with E-state index in [1.165, 1.54) is 0 Å². The number of benzene rings is 1. The van der Waals surface area contributed by atoms with Crippen LogP contribution >= 0.6 is 0 Å². The smallest absolute Gasteiger partial charge is 0.408 e. The van der Waals surface area contributed by atoms with E-state index >= 15 is 0 Å². The van der Waals surface area contributed by atoms with E-state index < -0.39 is 17.7 Å². The molecule has 1 aromatic carbocycles. The second kappa shape index (κ2) is 10.3. The van der Waals surface area contributed by atoms with E-state index in [9.17, 15) is 9.59 Å². The van der Waals surface area contributed by atoms with Crippen LogP contribution in [0.2, 0.25) is 0 Å². The second-order valence-corrected chi connectivity index (χ2v) is 8.62. The number of rotatable bonds is 6. The van der Waals surface area contributed by atoms with E-state index in [-0.39, 0.29) is 5.91 Å². The number of aromatic nitrogens is 2. The second-order valence-electron chi connectivity index (χ2n) is 8.62. The molecule has 1 saturated heterocycles. The van der Waals surface area contributed by atoms with E-state index in [0.29, 0.717) is 13.1 Å². The van der Waals surface area contributed by atoms with Crippen LogP contribution in [-0.4, -0.2) is 70.3 Å². The summed E-state index contributed by atoms with van der Waals surface area (Å²) in [5, 5.41) is 10.8. The molecule has 1 atom stereocenters. The van der Waals surface area contributed by atoms with Crippen LogP contribution in [0.4, 0.5) is 4.79 Å². The first-order chi connectivity index (χ1) is 14.8. The lowest BCUT2D eigenvalue weighted by Gasteiger charge is -2.36. The van der Waals surface area contributed by atoms with Crippen LogP contribution in [0.3, 0.4) is 0 Å². The first-order valence-corrected chi connectivity index (χ1v) is 10.6. The van der Waals surface area contributed by atoms with Crippen molar-refractivity contribution in [3.8, 4) is 0 Å². The first kappa shape index (κ1) is 22.7. The molecular weight excluding hydrogens is 394 g/mol. The molecule has 0 radical (unpaired) electrons. The number of hydrogen-bond donors (Lipinski definition) is 1. The molecule has 1 fully saturated rings. The number of carbonyl (C=O) groups excluding carboxylic acids is 2. The number of carbonyl (C=O) groups is 2. The molecule has 31 heavy (non-hydrogen) atoms. The largest absolute Gasteiger partial charge is 0.444 e. The molecule has 1 aromatic heterocycles. The third-order valence-corrected chi connectivity index (χ3v) is 5.04. The SMILES string of the molecule is CC(C)(C)OC(=O)N[C@@H](C(=O)N1CCN(CCc2cccnn2)CC1)c1ccccc1. The maximum atomic E-state index is 13.3.